The largest absolute Gasteiger partial charge is 0.324 e. The molecule has 4 heteroatoms. The Kier molecular flexibility index (Phi) is 2.67. The topological polar surface area (TPSA) is 63.4 Å². The highest BCUT2D eigenvalue weighted by Crippen LogP contribution is 2.47. The summed E-state index contributed by atoms with van der Waals surface area (Å²) >= 11 is 0. The number of imide groups is 1. The van der Waals surface area contributed by atoms with Crippen LogP contribution in [0, 0.1) is 11.8 Å². The zero-order valence-corrected chi connectivity index (χ0v) is 10.1. The fourth-order valence-corrected chi connectivity index (χ4v) is 2.61. The highest BCUT2D eigenvalue weighted by atomic mass is 16.2. The molecular weight excluding hydrogens is 228 g/mol. The van der Waals surface area contributed by atoms with Crippen LogP contribution >= 0.6 is 0 Å². The van der Waals surface area contributed by atoms with Crippen LogP contribution in [0.15, 0.2) is 30.3 Å². The Morgan fingerprint density at radius 1 is 1.17 bits per heavy atom. The van der Waals surface area contributed by atoms with E-state index < -0.39 is 0 Å². The van der Waals surface area contributed by atoms with Crippen LogP contribution in [0.4, 0.5) is 0 Å². The first kappa shape index (κ1) is 11.4. The van der Waals surface area contributed by atoms with E-state index in [1.165, 1.54) is 4.90 Å². The summed E-state index contributed by atoms with van der Waals surface area (Å²) in [6.45, 7) is 0.445. The standard InChI is InChI=1S/C14H16N2O2/c15-12(9-4-2-1-3-5-9)6-7-16-13(17)10-8-11(10)14(16)18/h1-5,10-12H,6-8,15H2. The van der Waals surface area contributed by atoms with E-state index in [2.05, 4.69) is 0 Å². The Morgan fingerprint density at radius 3 is 2.39 bits per heavy atom. The fraction of sp³-hybridized carbons (Fsp3) is 0.429. The molecule has 3 unspecified atom stereocenters. The molecule has 94 valence electrons. The number of carbonyl (C=O) groups is 2. The maximum atomic E-state index is 11.8. The van der Waals surface area contributed by atoms with Crippen LogP contribution in [0.3, 0.4) is 0 Å². The molecule has 1 heterocycles. The van der Waals surface area contributed by atoms with E-state index in [0.29, 0.717) is 13.0 Å². The average Bonchev–Trinajstić information content (AvgIpc) is 3.15. The number of hydrogen-bond acceptors (Lipinski definition) is 3. The first-order chi connectivity index (χ1) is 8.68. The lowest BCUT2D eigenvalue weighted by atomic mass is 10.0. The number of piperidine rings is 1. The molecule has 0 bridgehead atoms. The summed E-state index contributed by atoms with van der Waals surface area (Å²) in [7, 11) is 0. The SMILES string of the molecule is NC(CCN1C(=O)C2CC2C1=O)c1ccccc1. The minimum atomic E-state index is -0.122. The third kappa shape index (κ3) is 1.82. The molecule has 1 saturated carbocycles. The second kappa shape index (κ2) is 4.21. The summed E-state index contributed by atoms with van der Waals surface area (Å²) in [5.41, 5.74) is 7.10. The number of amides is 2. The number of carbonyl (C=O) groups excluding carboxylic acids is 2. The highest BCUT2D eigenvalue weighted by Gasteiger charge is 2.58. The van der Waals surface area contributed by atoms with Crippen molar-refractivity contribution in [1.29, 1.82) is 0 Å². The van der Waals surface area contributed by atoms with E-state index in [1.54, 1.807) is 0 Å². The van der Waals surface area contributed by atoms with Crippen LogP contribution in [-0.2, 0) is 9.59 Å². The molecular formula is C14H16N2O2. The number of fused-ring (bicyclic) bond motifs is 1. The molecule has 1 saturated heterocycles. The maximum absolute atomic E-state index is 11.8. The molecule has 1 aliphatic heterocycles. The van der Waals surface area contributed by atoms with Gasteiger partial charge in [-0.2, -0.15) is 0 Å². The molecule has 2 N–H and O–H groups in total. The number of nitrogens with two attached hydrogens (primary N) is 1. The number of hydrogen-bond donors (Lipinski definition) is 1. The van der Waals surface area contributed by atoms with Crippen molar-refractivity contribution >= 4 is 11.8 Å². The van der Waals surface area contributed by atoms with Gasteiger partial charge >= 0.3 is 0 Å². The van der Waals surface area contributed by atoms with Crippen molar-refractivity contribution in [2.45, 2.75) is 18.9 Å². The Labute approximate surface area is 106 Å². The van der Waals surface area contributed by atoms with Gasteiger partial charge in [-0.1, -0.05) is 30.3 Å². The maximum Gasteiger partial charge on any atom is 0.233 e. The second-order valence-electron chi connectivity index (χ2n) is 5.08. The zero-order valence-electron chi connectivity index (χ0n) is 10.1. The van der Waals surface area contributed by atoms with Crippen LogP contribution < -0.4 is 5.73 Å². The third-order valence-electron chi connectivity index (χ3n) is 3.85. The van der Waals surface area contributed by atoms with Crippen LogP contribution in [0.1, 0.15) is 24.4 Å². The summed E-state index contributed by atoms with van der Waals surface area (Å²) in [6, 6.07) is 9.64. The van der Waals surface area contributed by atoms with Gasteiger partial charge in [0.2, 0.25) is 11.8 Å². The molecule has 0 radical (unpaired) electrons. The second-order valence-corrected chi connectivity index (χ2v) is 5.08. The van der Waals surface area contributed by atoms with Crippen molar-refractivity contribution < 1.29 is 9.59 Å². The predicted octanol–water partition coefficient (Wildman–Crippen LogP) is 1.08. The normalized spacial score (nSPS) is 27.3. The van der Waals surface area contributed by atoms with E-state index in [4.69, 9.17) is 5.73 Å². The Hall–Kier alpha value is -1.68. The van der Waals surface area contributed by atoms with Gasteiger partial charge in [-0.15, -0.1) is 0 Å². The highest BCUT2D eigenvalue weighted by molar-refractivity contribution is 6.08. The van der Waals surface area contributed by atoms with E-state index in [0.717, 1.165) is 12.0 Å². The Morgan fingerprint density at radius 2 is 1.78 bits per heavy atom. The summed E-state index contributed by atoms with van der Waals surface area (Å²) < 4.78 is 0. The Bertz CT molecular complexity index is 466. The van der Waals surface area contributed by atoms with Gasteiger partial charge in [0.05, 0.1) is 11.8 Å². The van der Waals surface area contributed by atoms with Crippen molar-refractivity contribution in [3.63, 3.8) is 0 Å². The summed E-state index contributed by atoms with van der Waals surface area (Å²) in [5.74, 6) is -0.00794. The van der Waals surface area contributed by atoms with Crippen LogP contribution in [0.5, 0.6) is 0 Å². The van der Waals surface area contributed by atoms with Gasteiger partial charge in [-0.05, 0) is 18.4 Å². The quantitative estimate of drug-likeness (QED) is 0.806. The van der Waals surface area contributed by atoms with Crippen molar-refractivity contribution in [1.82, 2.24) is 4.90 Å². The van der Waals surface area contributed by atoms with E-state index in [1.807, 2.05) is 30.3 Å². The summed E-state index contributed by atoms with van der Waals surface area (Å²) in [6.07, 6.45) is 1.39. The molecule has 2 fully saturated rings. The van der Waals surface area contributed by atoms with Gasteiger partial charge in [0.15, 0.2) is 0 Å². The molecule has 18 heavy (non-hydrogen) atoms. The molecule has 0 aromatic heterocycles. The minimum Gasteiger partial charge on any atom is -0.324 e. The summed E-state index contributed by atoms with van der Waals surface area (Å²) in [4.78, 5) is 24.9. The summed E-state index contributed by atoms with van der Waals surface area (Å²) in [5, 5.41) is 0. The molecule has 3 atom stereocenters. The molecule has 4 nitrogen and oxygen atoms in total. The smallest absolute Gasteiger partial charge is 0.233 e. The zero-order chi connectivity index (χ0) is 12.7. The molecule has 1 aliphatic carbocycles. The lowest BCUT2D eigenvalue weighted by Gasteiger charge is -2.19. The Balaban J connectivity index is 1.59. The molecule has 2 aliphatic rings. The molecule has 3 rings (SSSR count). The van der Waals surface area contributed by atoms with E-state index in [9.17, 15) is 9.59 Å². The van der Waals surface area contributed by atoms with Crippen LogP contribution in [-0.4, -0.2) is 23.3 Å². The molecule has 2 amide bonds. The molecule has 1 aromatic rings. The van der Waals surface area contributed by atoms with E-state index in [-0.39, 0.29) is 29.7 Å². The van der Waals surface area contributed by atoms with Crippen LogP contribution in [0.2, 0.25) is 0 Å². The van der Waals surface area contributed by atoms with Crippen molar-refractivity contribution in [3.05, 3.63) is 35.9 Å². The first-order valence-electron chi connectivity index (χ1n) is 6.34. The van der Waals surface area contributed by atoms with Crippen molar-refractivity contribution in [3.8, 4) is 0 Å². The van der Waals surface area contributed by atoms with Crippen LogP contribution in [0.25, 0.3) is 0 Å². The van der Waals surface area contributed by atoms with Gasteiger partial charge in [0.1, 0.15) is 0 Å². The van der Waals surface area contributed by atoms with E-state index >= 15 is 0 Å². The monoisotopic (exact) mass is 244 g/mol. The number of rotatable bonds is 4. The van der Waals surface area contributed by atoms with Gasteiger partial charge < -0.3 is 5.73 Å². The van der Waals surface area contributed by atoms with Gasteiger partial charge in [-0.25, -0.2) is 0 Å². The van der Waals surface area contributed by atoms with Crippen molar-refractivity contribution in [2.24, 2.45) is 17.6 Å². The third-order valence-corrected chi connectivity index (χ3v) is 3.85. The number of likely N-dealkylation sites (tertiary alicyclic amines) is 1. The number of benzene rings is 1. The molecule has 0 spiro atoms. The van der Waals surface area contributed by atoms with Gasteiger partial charge in [0, 0.05) is 12.6 Å². The predicted molar refractivity (Wildman–Crippen MR) is 66.3 cm³/mol. The van der Waals surface area contributed by atoms with Gasteiger partial charge in [0.25, 0.3) is 0 Å². The van der Waals surface area contributed by atoms with Crippen molar-refractivity contribution in [2.75, 3.05) is 6.54 Å². The average molecular weight is 244 g/mol. The first-order valence-corrected chi connectivity index (χ1v) is 6.34. The fourth-order valence-electron chi connectivity index (χ4n) is 2.61. The van der Waals surface area contributed by atoms with Gasteiger partial charge in [-0.3, -0.25) is 14.5 Å². The lowest BCUT2D eigenvalue weighted by Crippen LogP contribution is -2.35. The number of nitrogens with zero attached hydrogens (tertiary/aromatic N) is 1. The minimum absolute atomic E-state index is 0.00487. The lowest BCUT2D eigenvalue weighted by molar-refractivity contribution is -0.141. The molecule has 1 aromatic carbocycles.